The highest BCUT2D eigenvalue weighted by Gasteiger charge is 2.20. The third-order valence-electron chi connectivity index (χ3n) is 2.97. The molecule has 0 aliphatic heterocycles. The van der Waals surface area contributed by atoms with Gasteiger partial charge in [0.25, 0.3) is 0 Å². The van der Waals surface area contributed by atoms with Gasteiger partial charge < -0.3 is 5.73 Å². The summed E-state index contributed by atoms with van der Waals surface area (Å²) in [5, 5.41) is 0.363. The quantitative estimate of drug-likeness (QED) is 0.783. The zero-order chi connectivity index (χ0) is 10.7. The van der Waals surface area contributed by atoms with Gasteiger partial charge in [-0.3, -0.25) is 4.21 Å². The Bertz CT molecular complexity index is 341. The van der Waals surface area contributed by atoms with Crippen molar-refractivity contribution in [2.75, 3.05) is 5.73 Å². The first kappa shape index (κ1) is 10.7. The zero-order valence-corrected chi connectivity index (χ0v) is 9.63. The normalized spacial score (nSPS) is 20.0. The number of hydrogen-bond donors (Lipinski definition) is 1. The van der Waals surface area contributed by atoms with Gasteiger partial charge in [-0.25, -0.2) is 0 Å². The van der Waals surface area contributed by atoms with Crippen LogP contribution in [0.15, 0.2) is 29.2 Å². The highest BCUT2D eigenvalue weighted by Crippen LogP contribution is 2.25. The van der Waals surface area contributed by atoms with Crippen molar-refractivity contribution < 1.29 is 4.21 Å². The topological polar surface area (TPSA) is 43.1 Å². The van der Waals surface area contributed by atoms with Crippen LogP contribution in [0.5, 0.6) is 0 Å². The fourth-order valence-electron chi connectivity index (χ4n) is 2.07. The molecule has 15 heavy (non-hydrogen) atoms. The van der Waals surface area contributed by atoms with Gasteiger partial charge >= 0.3 is 0 Å². The molecule has 1 saturated carbocycles. The molecule has 82 valence electrons. The van der Waals surface area contributed by atoms with Crippen molar-refractivity contribution in [1.82, 2.24) is 0 Å². The van der Waals surface area contributed by atoms with E-state index in [1.165, 1.54) is 19.3 Å². The van der Waals surface area contributed by atoms with Crippen molar-refractivity contribution in [3.63, 3.8) is 0 Å². The van der Waals surface area contributed by atoms with Crippen LogP contribution in [0.1, 0.15) is 32.1 Å². The van der Waals surface area contributed by atoms with E-state index < -0.39 is 10.8 Å². The first-order chi connectivity index (χ1) is 7.27. The molecule has 2 nitrogen and oxygen atoms in total. The fraction of sp³-hybridized carbons (Fsp3) is 0.500. The third-order valence-corrected chi connectivity index (χ3v) is 4.78. The molecule has 1 fully saturated rings. The van der Waals surface area contributed by atoms with Crippen molar-refractivity contribution in [2.45, 2.75) is 42.2 Å². The highest BCUT2D eigenvalue weighted by molar-refractivity contribution is 7.85. The first-order valence-electron chi connectivity index (χ1n) is 5.53. The molecule has 0 aromatic heterocycles. The molecule has 1 aromatic carbocycles. The second-order valence-electron chi connectivity index (χ2n) is 4.13. The summed E-state index contributed by atoms with van der Waals surface area (Å²) < 4.78 is 12.2. The van der Waals surface area contributed by atoms with E-state index in [0.717, 1.165) is 23.4 Å². The average Bonchev–Trinajstić information content (AvgIpc) is 2.30. The molecular weight excluding hydrogens is 206 g/mol. The summed E-state index contributed by atoms with van der Waals surface area (Å²) in [4.78, 5) is 0.927. The highest BCUT2D eigenvalue weighted by atomic mass is 32.2. The molecule has 0 saturated heterocycles. The lowest BCUT2D eigenvalue weighted by Crippen LogP contribution is -2.18. The number of rotatable bonds is 2. The van der Waals surface area contributed by atoms with E-state index in [0.29, 0.717) is 5.25 Å². The van der Waals surface area contributed by atoms with Crippen LogP contribution in [0, 0.1) is 0 Å². The summed E-state index contributed by atoms with van der Waals surface area (Å²) in [6, 6.07) is 7.44. The van der Waals surface area contributed by atoms with Crippen molar-refractivity contribution in [2.24, 2.45) is 0 Å². The average molecular weight is 223 g/mol. The Hall–Kier alpha value is -0.830. The zero-order valence-electron chi connectivity index (χ0n) is 8.82. The van der Waals surface area contributed by atoms with E-state index in [-0.39, 0.29) is 0 Å². The molecule has 0 bridgehead atoms. The third kappa shape index (κ3) is 2.59. The minimum Gasteiger partial charge on any atom is -0.399 e. The van der Waals surface area contributed by atoms with Gasteiger partial charge in [0.2, 0.25) is 0 Å². The lowest BCUT2D eigenvalue weighted by atomic mass is 10.0. The molecule has 2 rings (SSSR count). The van der Waals surface area contributed by atoms with Crippen molar-refractivity contribution >= 4 is 16.5 Å². The van der Waals surface area contributed by atoms with Gasteiger partial charge in [0.15, 0.2) is 0 Å². The van der Waals surface area contributed by atoms with Crippen molar-refractivity contribution in [3.8, 4) is 0 Å². The molecule has 0 spiro atoms. The Labute approximate surface area is 93.3 Å². The molecule has 1 atom stereocenters. The van der Waals surface area contributed by atoms with Crippen molar-refractivity contribution in [1.29, 1.82) is 0 Å². The Kier molecular flexibility index (Phi) is 3.41. The molecule has 1 aliphatic carbocycles. The fourth-order valence-corrected chi connectivity index (χ4v) is 3.62. The number of nitrogens with two attached hydrogens (primary N) is 1. The lowest BCUT2D eigenvalue weighted by Gasteiger charge is -2.20. The lowest BCUT2D eigenvalue weighted by molar-refractivity contribution is 0.504. The summed E-state index contributed by atoms with van der Waals surface area (Å²) in [7, 11) is -0.834. The molecular formula is C12H17NOS. The number of benzene rings is 1. The van der Waals surface area contributed by atoms with E-state index in [4.69, 9.17) is 5.73 Å². The minimum atomic E-state index is -0.834. The van der Waals surface area contributed by atoms with Crippen LogP contribution in [-0.4, -0.2) is 9.46 Å². The van der Waals surface area contributed by atoms with E-state index >= 15 is 0 Å². The van der Waals surface area contributed by atoms with Gasteiger partial charge in [-0.2, -0.15) is 0 Å². The first-order valence-corrected chi connectivity index (χ1v) is 6.75. The molecule has 1 aliphatic rings. The molecule has 0 heterocycles. The van der Waals surface area contributed by atoms with E-state index in [2.05, 4.69) is 0 Å². The summed E-state index contributed by atoms with van der Waals surface area (Å²) >= 11 is 0. The summed E-state index contributed by atoms with van der Waals surface area (Å²) in [6.45, 7) is 0. The molecule has 1 aromatic rings. The molecule has 3 heteroatoms. The maximum atomic E-state index is 12.2. The Morgan fingerprint density at radius 2 is 1.67 bits per heavy atom. The number of nitrogen functional groups attached to an aromatic ring is 1. The van der Waals surface area contributed by atoms with Crippen LogP contribution in [0.2, 0.25) is 0 Å². The van der Waals surface area contributed by atoms with Crippen LogP contribution < -0.4 is 5.73 Å². The van der Waals surface area contributed by atoms with E-state index in [9.17, 15) is 4.21 Å². The monoisotopic (exact) mass is 223 g/mol. The second-order valence-corrected chi connectivity index (χ2v) is 5.86. The predicted molar refractivity (Wildman–Crippen MR) is 64.1 cm³/mol. The van der Waals surface area contributed by atoms with Gasteiger partial charge in [-0.1, -0.05) is 19.3 Å². The van der Waals surface area contributed by atoms with Gasteiger partial charge in [-0.15, -0.1) is 0 Å². The van der Waals surface area contributed by atoms with Crippen LogP contribution in [-0.2, 0) is 10.8 Å². The number of anilines is 1. The van der Waals surface area contributed by atoms with E-state index in [1.807, 2.05) is 24.3 Å². The standard InChI is InChI=1S/C12H17NOS/c13-10-6-8-12(9-7-10)15(14)11-4-2-1-3-5-11/h6-9,11H,1-5,13H2. The largest absolute Gasteiger partial charge is 0.399 e. The van der Waals surface area contributed by atoms with Crippen molar-refractivity contribution in [3.05, 3.63) is 24.3 Å². The molecule has 2 N–H and O–H groups in total. The van der Waals surface area contributed by atoms with E-state index in [1.54, 1.807) is 0 Å². The second kappa shape index (κ2) is 4.79. The summed E-state index contributed by atoms with van der Waals surface area (Å²) in [5.74, 6) is 0. The van der Waals surface area contributed by atoms with Gasteiger partial charge in [0, 0.05) is 15.8 Å². The van der Waals surface area contributed by atoms with Crippen LogP contribution in [0.4, 0.5) is 5.69 Å². The maximum absolute atomic E-state index is 12.2. The predicted octanol–water partition coefficient (Wildman–Crippen LogP) is 2.71. The van der Waals surface area contributed by atoms with Gasteiger partial charge in [0.05, 0.1) is 10.8 Å². The Morgan fingerprint density at radius 1 is 1.07 bits per heavy atom. The van der Waals surface area contributed by atoms with Crippen LogP contribution in [0.25, 0.3) is 0 Å². The minimum absolute atomic E-state index is 0.363. The van der Waals surface area contributed by atoms with Crippen LogP contribution >= 0.6 is 0 Å². The summed E-state index contributed by atoms with van der Waals surface area (Å²) in [6.07, 6.45) is 5.97. The maximum Gasteiger partial charge on any atom is 0.0560 e. The Balaban J connectivity index is 2.09. The summed E-state index contributed by atoms with van der Waals surface area (Å²) in [5.41, 5.74) is 6.34. The van der Waals surface area contributed by atoms with Gasteiger partial charge in [-0.05, 0) is 37.1 Å². The van der Waals surface area contributed by atoms with Crippen LogP contribution in [0.3, 0.4) is 0 Å². The van der Waals surface area contributed by atoms with Gasteiger partial charge in [0.1, 0.15) is 0 Å². The molecule has 0 radical (unpaired) electrons. The number of hydrogen-bond acceptors (Lipinski definition) is 2. The SMILES string of the molecule is Nc1ccc(S(=O)C2CCCCC2)cc1. The molecule has 0 amide bonds. The Morgan fingerprint density at radius 3 is 2.27 bits per heavy atom. The smallest absolute Gasteiger partial charge is 0.0560 e. The molecule has 1 unspecified atom stereocenters.